The first-order valence-electron chi connectivity index (χ1n) is 8.19. The Balaban J connectivity index is 1.49. The molecule has 1 fully saturated rings. The quantitative estimate of drug-likeness (QED) is 0.810. The van der Waals surface area contributed by atoms with Crippen LogP contribution in [0.25, 0.3) is 0 Å². The second-order valence-electron chi connectivity index (χ2n) is 6.66. The molecule has 2 aliphatic rings. The van der Waals surface area contributed by atoms with Gasteiger partial charge in [-0.25, -0.2) is 8.42 Å². The van der Waals surface area contributed by atoms with Gasteiger partial charge in [-0.05, 0) is 24.2 Å². The SMILES string of the molecule is O=S1(=O)CC[C@@H](c2nn(C[NH+]3CCc4ccccc4C3)c(=S)o2)C1. The molecule has 0 saturated carbocycles. The van der Waals surface area contributed by atoms with Crippen molar-refractivity contribution in [2.45, 2.75) is 32.0 Å². The van der Waals surface area contributed by atoms with Crippen molar-refractivity contribution in [3.8, 4) is 0 Å². The molecule has 6 nitrogen and oxygen atoms in total. The van der Waals surface area contributed by atoms with E-state index >= 15 is 0 Å². The Hall–Kier alpha value is -1.51. The van der Waals surface area contributed by atoms with Crippen LogP contribution in [0.15, 0.2) is 28.7 Å². The van der Waals surface area contributed by atoms with Gasteiger partial charge in [0.1, 0.15) is 6.54 Å². The summed E-state index contributed by atoms with van der Waals surface area (Å²) in [6.45, 7) is 2.62. The highest BCUT2D eigenvalue weighted by Crippen LogP contribution is 2.27. The number of hydrogen-bond donors (Lipinski definition) is 1. The molecule has 128 valence electrons. The molecular weight excluding hydrogens is 346 g/mol. The lowest BCUT2D eigenvalue weighted by Gasteiger charge is -2.25. The number of fused-ring (bicyclic) bond motifs is 1. The minimum Gasteiger partial charge on any atom is -0.413 e. The molecule has 2 aromatic rings. The number of hydrogen-bond acceptors (Lipinski definition) is 5. The van der Waals surface area contributed by atoms with Crippen LogP contribution in [0.1, 0.15) is 29.4 Å². The lowest BCUT2D eigenvalue weighted by Crippen LogP contribution is -3.11. The Kier molecular flexibility index (Phi) is 4.06. The average Bonchev–Trinajstić information content (AvgIpc) is 3.10. The van der Waals surface area contributed by atoms with Gasteiger partial charge in [-0.3, -0.25) is 0 Å². The Morgan fingerprint density at radius 2 is 2.12 bits per heavy atom. The summed E-state index contributed by atoms with van der Waals surface area (Å²) in [6, 6.07) is 8.51. The van der Waals surface area contributed by atoms with Crippen molar-refractivity contribution in [3.05, 3.63) is 46.1 Å². The van der Waals surface area contributed by atoms with Gasteiger partial charge in [0.15, 0.2) is 16.5 Å². The number of benzene rings is 1. The minimum atomic E-state index is -2.96. The molecule has 1 aromatic carbocycles. The zero-order valence-corrected chi connectivity index (χ0v) is 14.9. The third kappa shape index (κ3) is 3.18. The summed E-state index contributed by atoms with van der Waals surface area (Å²) in [5, 5.41) is 4.47. The molecule has 0 aliphatic carbocycles. The van der Waals surface area contributed by atoms with E-state index in [9.17, 15) is 8.42 Å². The van der Waals surface area contributed by atoms with Gasteiger partial charge in [-0.1, -0.05) is 24.3 Å². The summed E-state index contributed by atoms with van der Waals surface area (Å²) in [7, 11) is -2.96. The van der Waals surface area contributed by atoms with E-state index < -0.39 is 9.84 Å². The van der Waals surface area contributed by atoms with Crippen LogP contribution >= 0.6 is 12.2 Å². The largest absolute Gasteiger partial charge is 0.413 e. The molecule has 0 amide bonds. The van der Waals surface area contributed by atoms with E-state index in [1.165, 1.54) is 16.0 Å². The maximum absolute atomic E-state index is 11.6. The highest BCUT2D eigenvalue weighted by Gasteiger charge is 2.33. The van der Waals surface area contributed by atoms with E-state index in [1.807, 2.05) is 0 Å². The van der Waals surface area contributed by atoms with Crippen molar-refractivity contribution >= 4 is 22.1 Å². The Labute approximate surface area is 146 Å². The van der Waals surface area contributed by atoms with Crippen molar-refractivity contribution in [2.24, 2.45) is 0 Å². The minimum absolute atomic E-state index is 0.117. The first kappa shape index (κ1) is 16.0. The number of aromatic nitrogens is 2. The molecule has 0 spiro atoms. The van der Waals surface area contributed by atoms with Crippen LogP contribution in [0, 0.1) is 4.84 Å². The number of sulfone groups is 1. The number of quaternary nitrogens is 1. The number of rotatable bonds is 3. The zero-order valence-electron chi connectivity index (χ0n) is 13.3. The normalized spacial score (nSPS) is 25.5. The summed E-state index contributed by atoms with van der Waals surface area (Å²) in [5.41, 5.74) is 2.79. The van der Waals surface area contributed by atoms with Crippen molar-refractivity contribution in [2.75, 3.05) is 18.1 Å². The van der Waals surface area contributed by atoms with E-state index in [0.29, 0.717) is 23.8 Å². The maximum Gasteiger partial charge on any atom is 0.291 e. The zero-order chi connectivity index (χ0) is 16.7. The maximum atomic E-state index is 11.6. The fraction of sp³-hybridized carbons (Fsp3) is 0.500. The Morgan fingerprint density at radius 3 is 2.88 bits per heavy atom. The van der Waals surface area contributed by atoms with Crippen molar-refractivity contribution in [1.82, 2.24) is 9.78 Å². The highest BCUT2D eigenvalue weighted by molar-refractivity contribution is 7.91. The second-order valence-corrected chi connectivity index (χ2v) is 9.24. The van der Waals surface area contributed by atoms with E-state index in [1.54, 1.807) is 4.68 Å². The van der Waals surface area contributed by atoms with Crippen LogP contribution in [-0.2, 0) is 29.5 Å². The molecule has 0 bridgehead atoms. The first-order chi connectivity index (χ1) is 11.5. The fourth-order valence-electron chi connectivity index (χ4n) is 3.57. The third-order valence-corrected chi connectivity index (χ3v) is 6.95. The standard InChI is InChI=1S/C16H19N3O3S2/c20-24(21)8-6-14(10-24)15-17-19(16(23)22-15)11-18-7-5-12-3-1-2-4-13(12)9-18/h1-4,14H,5-11H2/p+1/t14-/m1/s1. The summed E-state index contributed by atoms with van der Waals surface area (Å²) >= 11 is 5.28. The molecule has 4 rings (SSSR count). The van der Waals surface area contributed by atoms with Gasteiger partial charge in [0.25, 0.3) is 4.84 Å². The van der Waals surface area contributed by atoms with Crippen LogP contribution in [0.5, 0.6) is 0 Å². The summed E-state index contributed by atoms with van der Waals surface area (Å²) in [6.07, 6.45) is 1.62. The van der Waals surface area contributed by atoms with Crippen LogP contribution in [0.3, 0.4) is 0 Å². The van der Waals surface area contributed by atoms with Crippen molar-refractivity contribution in [1.29, 1.82) is 0 Å². The summed E-state index contributed by atoms with van der Waals surface area (Å²) in [5.74, 6) is 0.639. The molecule has 2 atom stereocenters. The predicted molar refractivity (Wildman–Crippen MR) is 91.0 cm³/mol. The van der Waals surface area contributed by atoms with Gasteiger partial charge in [-0.2, -0.15) is 4.68 Å². The molecule has 3 heterocycles. The second kappa shape index (κ2) is 6.09. The smallest absolute Gasteiger partial charge is 0.291 e. The van der Waals surface area contributed by atoms with Crippen LogP contribution < -0.4 is 4.90 Å². The van der Waals surface area contributed by atoms with Crippen LogP contribution in [-0.4, -0.2) is 36.2 Å². The van der Waals surface area contributed by atoms with Crippen molar-refractivity contribution in [3.63, 3.8) is 0 Å². The molecule has 1 unspecified atom stereocenters. The fourth-order valence-corrected chi connectivity index (χ4v) is 5.49. The highest BCUT2D eigenvalue weighted by atomic mass is 32.2. The van der Waals surface area contributed by atoms with E-state index in [0.717, 1.165) is 19.5 Å². The lowest BCUT2D eigenvalue weighted by molar-refractivity contribution is -0.939. The molecule has 24 heavy (non-hydrogen) atoms. The Morgan fingerprint density at radius 1 is 1.33 bits per heavy atom. The van der Waals surface area contributed by atoms with Gasteiger partial charge in [0, 0.05) is 12.0 Å². The molecular formula is C16H20N3O3S2+. The molecule has 2 aliphatic heterocycles. The third-order valence-electron chi connectivity index (χ3n) is 4.88. The van der Waals surface area contributed by atoms with Gasteiger partial charge >= 0.3 is 0 Å². The van der Waals surface area contributed by atoms with Gasteiger partial charge < -0.3 is 9.32 Å². The molecule has 1 aromatic heterocycles. The van der Waals surface area contributed by atoms with E-state index in [2.05, 4.69) is 29.4 Å². The van der Waals surface area contributed by atoms with E-state index in [-0.39, 0.29) is 17.4 Å². The average molecular weight is 366 g/mol. The molecule has 0 radical (unpaired) electrons. The van der Waals surface area contributed by atoms with Gasteiger partial charge in [-0.15, -0.1) is 5.10 Å². The van der Waals surface area contributed by atoms with Crippen LogP contribution in [0.4, 0.5) is 0 Å². The molecule has 8 heteroatoms. The first-order valence-corrected chi connectivity index (χ1v) is 10.4. The summed E-state index contributed by atoms with van der Waals surface area (Å²) in [4.78, 5) is 1.71. The van der Waals surface area contributed by atoms with Gasteiger partial charge in [0.05, 0.1) is 24.0 Å². The van der Waals surface area contributed by atoms with Crippen molar-refractivity contribution < 1.29 is 17.7 Å². The summed E-state index contributed by atoms with van der Waals surface area (Å²) < 4.78 is 30.6. The van der Waals surface area contributed by atoms with Crippen LogP contribution in [0.2, 0.25) is 0 Å². The molecule has 1 saturated heterocycles. The lowest BCUT2D eigenvalue weighted by atomic mass is 10.0. The van der Waals surface area contributed by atoms with Gasteiger partial charge in [0.2, 0.25) is 5.89 Å². The monoisotopic (exact) mass is 366 g/mol. The molecule has 1 N–H and O–H groups in total. The van der Waals surface area contributed by atoms with E-state index in [4.69, 9.17) is 16.6 Å². The number of nitrogens with zero attached hydrogens (tertiary/aromatic N) is 2. The predicted octanol–water partition coefficient (Wildman–Crippen LogP) is 0.706. The number of nitrogens with one attached hydrogen (secondary N) is 1. The Bertz CT molecular complexity index is 917. The topological polar surface area (TPSA) is 69.5 Å².